The van der Waals surface area contributed by atoms with Crippen LogP contribution in [-0.4, -0.2) is 32.3 Å². The molecule has 0 bridgehead atoms. The Morgan fingerprint density at radius 3 is 1.56 bits per heavy atom. The quantitative estimate of drug-likeness (QED) is 0.573. The number of rotatable bonds is 5. The molecule has 0 N–H and O–H groups in total. The summed E-state index contributed by atoms with van der Waals surface area (Å²) >= 11 is 0. The molecule has 0 spiro atoms. The van der Waals surface area contributed by atoms with E-state index in [-0.39, 0.29) is 5.41 Å². The van der Waals surface area contributed by atoms with E-state index in [1.165, 1.54) is 32.1 Å². The normalized spacial score (nSPS) is 20.3. The average molecular weight is 305 g/mol. The van der Waals surface area contributed by atoms with Gasteiger partial charge in [-0.25, -0.2) is 0 Å². The Bertz CT molecular complexity index is 246. The predicted octanol–water partition coefficient (Wildman–Crippen LogP) is 3.29. The van der Waals surface area contributed by atoms with Gasteiger partial charge in [-0.1, -0.05) is 19.3 Å². The summed E-state index contributed by atoms with van der Waals surface area (Å²) in [5.41, 5.74) is -0.199. The molecule has 0 heterocycles. The fourth-order valence-electron chi connectivity index (χ4n) is 3.03. The van der Waals surface area contributed by atoms with Gasteiger partial charge in [0.15, 0.2) is 16.6 Å². The molecule has 1 aliphatic rings. The maximum absolute atomic E-state index is 6.55. The van der Waals surface area contributed by atoms with E-state index in [4.69, 9.17) is 8.85 Å². The monoisotopic (exact) mass is 304 g/mol. The van der Waals surface area contributed by atoms with E-state index in [9.17, 15) is 0 Å². The molecule has 0 radical (unpaired) electrons. The molecule has 1 aliphatic carbocycles. The number of hydrogen-bond acceptors (Lipinski definition) is 2. The van der Waals surface area contributed by atoms with E-state index in [2.05, 4.69) is 39.3 Å². The fraction of sp³-hybridized carbons (Fsp3) is 1.00. The van der Waals surface area contributed by atoms with E-state index in [0.29, 0.717) is 5.92 Å². The van der Waals surface area contributed by atoms with Gasteiger partial charge in [-0.2, -0.15) is 0 Å². The topological polar surface area (TPSA) is 18.5 Å². The molecule has 2 nitrogen and oxygen atoms in total. The highest BCUT2D eigenvalue weighted by Gasteiger charge is 2.42. The largest absolute Gasteiger partial charge is 0.395 e. The molecule has 5 heteroatoms. The van der Waals surface area contributed by atoms with Crippen molar-refractivity contribution < 1.29 is 8.85 Å². The summed E-state index contributed by atoms with van der Waals surface area (Å²) < 4.78 is 13.1. The van der Waals surface area contributed by atoms with Crippen LogP contribution in [0.25, 0.3) is 0 Å². The van der Waals surface area contributed by atoms with Crippen molar-refractivity contribution in [1.29, 1.82) is 0 Å². The molecule has 18 heavy (non-hydrogen) atoms. The highest BCUT2D eigenvalue weighted by atomic mass is 28.4. The van der Waals surface area contributed by atoms with Crippen LogP contribution in [-0.2, 0) is 8.85 Å². The molecular formula is C13H32O2Si3. The van der Waals surface area contributed by atoms with Gasteiger partial charge in [0.25, 0.3) is 0 Å². The summed E-state index contributed by atoms with van der Waals surface area (Å²) in [5, 5.41) is 0. The lowest BCUT2D eigenvalue weighted by Gasteiger charge is -2.47. The number of hydrogen-bond donors (Lipinski definition) is 0. The molecule has 0 saturated heterocycles. The third kappa shape index (κ3) is 5.69. The van der Waals surface area contributed by atoms with Crippen molar-refractivity contribution in [2.75, 3.05) is 0 Å². The van der Waals surface area contributed by atoms with E-state index < -0.39 is 16.6 Å². The summed E-state index contributed by atoms with van der Waals surface area (Å²) in [6.07, 6.45) is 6.72. The molecule has 1 fully saturated rings. The molecule has 0 unspecified atom stereocenters. The SMILES string of the molecule is C[Si](C)(C)OC([SiH3])(O[Si](C)(C)C)C1CCCCC1. The van der Waals surface area contributed by atoms with E-state index in [0.717, 1.165) is 10.2 Å². The Morgan fingerprint density at radius 2 is 1.22 bits per heavy atom. The first kappa shape index (κ1) is 16.6. The van der Waals surface area contributed by atoms with Crippen molar-refractivity contribution in [1.82, 2.24) is 0 Å². The van der Waals surface area contributed by atoms with E-state index in [1.807, 2.05) is 0 Å². The second kappa shape index (κ2) is 5.91. The van der Waals surface area contributed by atoms with Gasteiger partial charge in [0.1, 0.15) is 5.41 Å². The van der Waals surface area contributed by atoms with Crippen molar-refractivity contribution in [3.05, 3.63) is 0 Å². The highest BCUT2D eigenvalue weighted by Crippen LogP contribution is 2.37. The van der Waals surface area contributed by atoms with Crippen molar-refractivity contribution >= 4 is 26.9 Å². The zero-order valence-corrected chi connectivity index (χ0v) is 17.4. The third-order valence-electron chi connectivity index (χ3n) is 3.36. The molecule has 108 valence electrons. The second-order valence-electron chi connectivity index (χ2n) is 7.78. The van der Waals surface area contributed by atoms with Crippen LogP contribution in [0.2, 0.25) is 39.3 Å². The van der Waals surface area contributed by atoms with E-state index >= 15 is 0 Å². The molecule has 0 aliphatic heterocycles. The predicted molar refractivity (Wildman–Crippen MR) is 88.1 cm³/mol. The van der Waals surface area contributed by atoms with Gasteiger partial charge in [-0.05, 0) is 52.1 Å². The van der Waals surface area contributed by atoms with Crippen molar-refractivity contribution in [2.45, 2.75) is 76.8 Å². The third-order valence-corrected chi connectivity index (χ3v) is 7.44. The highest BCUT2D eigenvalue weighted by molar-refractivity contribution is 6.71. The molecule has 0 aromatic carbocycles. The van der Waals surface area contributed by atoms with Crippen molar-refractivity contribution in [3.8, 4) is 0 Å². The maximum atomic E-state index is 6.55. The van der Waals surface area contributed by atoms with Gasteiger partial charge >= 0.3 is 0 Å². The second-order valence-corrected chi connectivity index (χ2v) is 18.0. The van der Waals surface area contributed by atoms with Gasteiger partial charge in [-0.3, -0.25) is 0 Å². The Morgan fingerprint density at radius 1 is 0.833 bits per heavy atom. The zero-order chi connectivity index (χ0) is 14.0. The summed E-state index contributed by atoms with van der Waals surface area (Å²) in [6, 6.07) is 0. The van der Waals surface area contributed by atoms with Gasteiger partial charge in [0.05, 0.1) is 10.2 Å². The van der Waals surface area contributed by atoms with Crippen LogP contribution in [0.3, 0.4) is 0 Å². The van der Waals surface area contributed by atoms with Gasteiger partial charge < -0.3 is 8.85 Å². The first-order chi connectivity index (χ1) is 8.02. The van der Waals surface area contributed by atoms with Crippen LogP contribution in [0.1, 0.15) is 32.1 Å². The summed E-state index contributed by atoms with van der Waals surface area (Å²) in [5.74, 6) is 0.649. The Labute approximate surface area is 119 Å². The van der Waals surface area contributed by atoms with Crippen molar-refractivity contribution in [2.24, 2.45) is 5.92 Å². The molecule has 0 amide bonds. The lowest BCUT2D eigenvalue weighted by molar-refractivity contribution is -0.106. The fourth-order valence-corrected chi connectivity index (χ4v) is 10.2. The zero-order valence-electron chi connectivity index (χ0n) is 13.4. The molecule has 1 rings (SSSR count). The smallest absolute Gasteiger partial charge is 0.187 e. The average Bonchev–Trinajstić information content (AvgIpc) is 2.13. The summed E-state index contributed by atoms with van der Waals surface area (Å²) in [7, 11) is -2.09. The molecule has 0 atom stereocenters. The molecular weight excluding hydrogens is 272 g/mol. The standard InChI is InChI=1S/C13H32O2Si3/c1-17(2,3)14-13(16,15-18(4,5)6)12-10-8-7-9-11-12/h12H,7-11H2,1-6,16H3. The summed E-state index contributed by atoms with van der Waals surface area (Å²) in [6.45, 7) is 13.7. The first-order valence-electron chi connectivity index (χ1n) is 7.42. The summed E-state index contributed by atoms with van der Waals surface area (Å²) in [4.78, 5) is 0. The van der Waals surface area contributed by atoms with Crippen LogP contribution in [0.5, 0.6) is 0 Å². The lowest BCUT2D eigenvalue weighted by Crippen LogP contribution is -2.55. The van der Waals surface area contributed by atoms with Gasteiger partial charge in [0, 0.05) is 5.92 Å². The Balaban J connectivity index is 2.84. The van der Waals surface area contributed by atoms with Crippen LogP contribution in [0.4, 0.5) is 0 Å². The lowest BCUT2D eigenvalue weighted by atomic mass is 9.88. The molecule has 0 aromatic rings. The van der Waals surface area contributed by atoms with Crippen molar-refractivity contribution in [3.63, 3.8) is 0 Å². The minimum atomic E-state index is -1.54. The minimum Gasteiger partial charge on any atom is -0.395 e. The van der Waals surface area contributed by atoms with Gasteiger partial charge in [-0.15, -0.1) is 0 Å². The Hall–Kier alpha value is 0.571. The minimum absolute atomic E-state index is 0.199. The first-order valence-corrected chi connectivity index (χ1v) is 15.2. The van der Waals surface area contributed by atoms with Crippen LogP contribution in [0.15, 0.2) is 0 Å². The van der Waals surface area contributed by atoms with E-state index in [1.54, 1.807) is 0 Å². The van der Waals surface area contributed by atoms with Crippen LogP contribution < -0.4 is 0 Å². The van der Waals surface area contributed by atoms with Gasteiger partial charge in [0.2, 0.25) is 0 Å². The van der Waals surface area contributed by atoms with Crippen LogP contribution >= 0.6 is 0 Å². The maximum Gasteiger partial charge on any atom is 0.187 e. The molecule has 0 aromatic heterocycles. The Kier molecular flexibility index (Phi) is 5.46. The molecule has 1 saturated carbocycles. The van der Waals surface area contributed by atoms with Crippen LogP contribution in [0, 0.1) is 5.92 Å².